The summed E-state index contributed by atoms with van der Waals surface area (Å²) in [6.45, 7) is 12.4. The van der Waals surface area contributed by atoms with Crippen LogP contribution in [0.5, 0.6) is 0 Å². The predicted molar refractivity (Wildman–Crippen MR) is 78.9 cm³/mol. The third kappa shape index (κ3) is 6.19. The molecule has 1 heterocycles. The minimum atomic E-state index is 0.458. The maximum atomic E-state index is 5.82. The van der Waals surface area contributed by atoms with E-state index >= 15 is 0 Å². The highest BCUT2D eigenvalue weighted by molar-refractivity contribution is 4.80. The van der Waals surface area contributed by atoms with Gasteiger partial charge in [-0.3, -0.25) is 0 Å². The Labute approximate surface area is 114 Å². The molecule has 1 aliphatic heterocycles. The van der Waals surface area contributed by atoms with Crippen LogP contribution in [0.15, 0.2) is 0 Å². The second-order valence-electron chi connectivity index (χ2n) is 6.77. The Morgan fingerprint density at radius 1 is 1.11 bits per heavy atom. The van der Waals surface area contributed by atoms with Crippen LogP contribution < -0.4 is 5.32 Å². The zero-order valence-electron chi connectivity index (χ0n) is 13.0. The van der Waals surface area contributed by atoms with Crippen LogP contribution in [0.4, 0.5) is 0 Å². The van der Waals surface area contributed by atoms with Crippen LogP contribution in [-0.2, 0) is 4.74 Å². The molecule has 0 saturated carbocycles. The summed E-state index contributed by atoms with van der Waals surface area (Å²) in [5, 5.41) is 3.80. The van der Waals surface area contributed by atoms with Gasteiger partial charge in [0.1, 0.15) is 0 Å². The molecule has 18 heavy (non-hydrogen) atoms. The van der Waals surface area contributed by atoms with Gasteiger partial charge in [0.25, 0.3) is 0 Å². The first kappa shape index (κ1) is 16.0. The van der Waals surface area contributed by atoms with Crippen molar-refractivity contribution in [2.45, 2.75) is 84.9 Å². The molecule has 2 nitrogen and oxygen atoms in total. The monoisotopic (exact) mass is 255 g/mol. The van der Waals surface area contributed by atoms with Gasteiger partial charge in [0, 0.05) is 18.7 Å². The molecule has 1 N–H and O–H groups in total. The van der Waals surface area contributed by atoms with Gasteiger partial charge in [-0.15, -0.1) is 0 Å². The highest BCUT2D eigenvalue weighted by atomic mass is 16.5. The summed E-state index contributed by atoms with van der Waals surface area (Å²) in [5.41, 5.74) is 0. The lowest BCUT2D eigenvalue weighted by molar-refractivity contribution is -0.0257. The Morgan fingerprint density at radius 2 is 1.83 bits per heavy atom. The van der Waals surface area contributed by atoms with E-state index in [4.69, 9.17) is 4.74 Å². The van der Waals surface area contributed by atoms with Gasteiger partial charge in [0.15, 0.2) is 0 Å². The highest BCUT2D eigenvalue weighted by Gasteiger charge is 2.25. The Kier molecular flexibility index (Phi) is 7.25. The average molecular weight is 255 g/mol. The molecule has 0 radical (unpaired) electrons. The topological polar surface area (TPSA) is 21.3 Å². The van der Waals surface area contributed by atoms with E-state index in [-0.39, 0.29) is 0 Å². The maximum absolute atomic E-state index is 5.82. The first-order chi connectivity index (χ1) is 8.49. The SMILES string of the molecule is CC(C)CCCC(C)NC1CCOC(C(C)C)C1. The number of nitrogens with one attached hydrogen (secondary N) is 1. The number of hydrogen-bond acceptors (Lipinski definition) is 2. The second kappa shape index (κ2) is 8.16. The van der Waals surface area contributed by atoms with Gasteiger partial charge in [-0.2, -0.15) is 0 Å². The average Bonchev–Trinajstić information content (AvgIpc) is 2.28. The van der Waals surface area contributed by atoms with Gasteiger partial charge in [-0.05, 0) is 38.0 Å². The summed E-state index contributed by atoms with van der Waals surface area (Å²) >= 11 is 0. The van der Waals surface area contributed by atoms with Gasteiger partial charge < -0.3 is 10.1 Å². The van der Waals surface area contributed by atoms with Gasteiger partial charge >= 0.3 is 0 Å². The normalized spacial score (nSPS) is 26.8. The van der Waals surface area contributed by atoms with Gasteiger partial charge in [-0.1, -0.05) is 40.5 Å². The molecule has 1 fully saturated rings. The van der Waals surface area contributed by atoms with Crippen molar-refractivity contribution >= 4 is 0 Å². The van der Waals surface area contributed by atoms with Crippen LogP contribution in [0.25, 0.3) is 0 Å². The summed E-state index contributed by atoms with van der Waals surface area (Å²) in [5.74, 6) is 1.48. The van der Waals surface area contributed by atoms with E-state index in [1.165, 1.54) is 32.1 Å². The van der Waals surface area contributed by atoms with Crippen molar-refractivity contribution in [2.24, 2.45) is 11.8 Å². The van der Waals surface area contributed by atoms with Crippen molar-refractivity contribution in [1.29, 1.82) is 0 Å². The molecule has 0 aromatic carbocycles. The van der Waals surface area contributed by atoms with Crippen LogP contribution in [0, 0.1) is 11.8 Å². The summed E-state index contributed by atoms with van der Waals surface area (Å²) in [6, 6.07) is 1.32. The molecule has 0 spiro atoms. The smallest absolute Gasteiger partial charge is 0.0612 e. The van der Waals surface area contributed by atoms with E-state index in [0.717, 1.165) is 12.5 Å². The fraction of sp³-hybridized carbons (Fsp3) is 1.00. The molecule has 3 unspecified atom stereocenters. The third-order valence-corrected chi connectivity index (χ3v) is 4.00. The van der Waals surface area contributed by atoms with E-state index < -0.39 is 0 Å². The van der Waals surface area contributed by atoms with E-state index in [1.807, 2.05) is 0 Å². The highest BCUT2D eigenvalue weighted by Crippen LogP contribution is 2.21. The minimum absolute atomic E-state index is 0.458. The van der Waals surface area contributed by atoms with Crippen molar-refractivity contribution in [1.82, 2.24) is 5.32 Å². The summed E-state index contributed by atoms with van der Waals surface area (Å²) in [6.07, 6.45) is 6.84. The molecular formula is C16H33NO. The molecule has 108 valence electrons. The Balaban J connectivity index is 2.20. The zero-order chi connectivity index (χ0) is 13.5. The Morgan fingerprint density at radius 3 is 2.44 bits per heavy atom. The molecule has 0 bridgehead atoms. The van der Waals surface area contributed by atoms with Crippen LogP contribution in [-0.4, -0.2) is 24.8 Å². The molecule has 1 rings (SSSR count). The van der Waals surface area contributed by atoms with Gasteiger partial charge in [0.05, 0.1) is 6.10 Å². The predicted octanol–water partition coefficient (Wildman–Crippen LogP) is 3.99. The van der Waals surface area contributed by atoms with Crippen molar-refractivity contribution in [3.63, 3.8) is 0 Å². The van der Waals surface area contributed by atoms with E-state index in [1.54, 1.807) is 0 Å². The third-order valence-electron chi connectivity index (χ3n) is 4.00. The fourth-order valence-electron chi connectivity index (χ4n) is 2.76. The largest absolute Gasteiger partial charge is 0.378 e. The molecule has 0 aliphatic carbocycles. The Hall–Kier alpha value is -0.0800. The maximum Gasteiger partial charge on any atom is 0.0612 e. The summed E-state index contributed by atoms with van der Waals surface area (Å²) in [7, 11) is 0. The standard InChI is InChI=1S/C16H33NO/c1-12(2)7-6-8-14(5)17-15-9-10-18-16(11-15)13(3)4/h12-17H,6-11H2,1-5H3. The van der Waals surface area contributed by atoms with E-state index in [0.29, 0.717) is 24.1 Å². The first-order valence-electron chi connectivity index (χ1n) is 7.86. The second-order valence-corrected chi connectivity index (χ2v) is 6.77. The lowest BCUT2D eigenvalue weighted by atomic mass is 9.94. The van der Waals surface area contributed by atoms with Crippen LogP contribution >= 0.6 is 0 Å². The van der Waals surface area contributed by atoms with Crippen molar-refractivity contribution in [3.05, 3.63) is 0 Å². The van der Waals surface area contributed by atoms with Gasteiger partial charge in [0.2, 0.25) is 0 Å². The van der Waals surface area contributed by atoms with Crippen molar-refractivity contribution in [2.75, 3.05) is 6.61 Å². The molecule has 0 aromatic heterocycles. The quantitative estimate of drug-likeness (QED) is 0.742. The number of hydrogen-bond donors (Lipinski definition) is 1. The lowest BCUT2D eigenvalue weighted by Gasteiger charge is -2.34. The summed E-state index contributed by atoms with van der Waals surface area (Å²) in [4.78, 5) is 0. The molecule has 0 amide bonds. The minimum Gasteiger partial charge on any atom is -0.378 e. The van der Waals surface area contributed by atoms with E-state index in [2.05, 4.69) is 39.9 Å². The van der Waals surface area contributed by atoms with Crippen molar-refractivity contribution < 1.29 is 4.74 Å². The van der Waals surface area contributed by atoms with Crippen LogP contribution in [0.3, 0.4) is 0 Å². The Bertz CT molecular complexity index is 215. The lowest BCUT2D eigenvalue weighted by Crippen LogP contribution is -2.44. The van der Waals surface area contributed by atoms with Gasteiger partial charge in [-0.25, -0.2) is 0 Å². The van der Waals surface area contributed by atoms with Crippen LogP contribution in [0.1, 0.15) is 66.7 Å². The zero-order valence-corrected chi connectivity index (χ0v) is 13.0. The molecule has 2 heteroatoms. The van der Waals surface area contributed by atoms with Crippen molar-refractivity contribution in [3.8, 4) is 0 Å². The molecule has 3 atom stereocenters. The summed E-state index contributed by atoms with van der Waals surface area (Å²) < 4.78 is 5.82. The number of ether oxygens (including phenoxy) is 1. The molecule has 1 saturated heterocycles. The molecule has 0 aromatic rings. The number of rotatable bonds is 7. The van der Waals surface area contributed by atoms with E-state index in [9.17, 15) is 0 Å². The first-order valence-corrected chi connectivity index (χ1v) is 7.86. The molecule has 1 aliphatic rings. The molecular weight excluding hydrogens is 222 g/mol. The fourth-order valence-corrected chi connectivity index (χ4v) is 2.76. The van der Waals surface area contributed by atoms with Crippen LogP contribution in [0.2, 0.25) is 0 Å².